The van der Waals surface area contributed by atoms with Crippen LogP contribution in [-0.4, -0.2) is 50.4 Å². The third-order valence-electron chi connectivity index (χ3n) is 2.57. The highest BCUT2D eigenvalue weighted by molar-refractivity contribution is 14.0. The van der Waals surface area contributed by atoms with Crippen molar-refractivity contribution >= 4 is 39.8 Å². The van der Waals surface area contributed by atoms with Crippen molar-refractivity contribution in [3.8, 4) is 0 Å². The molecular weight excluding hydrogens is 341 g/mol. The van der Waals surface area contributed by atoms with Gasteiger partial charge in [0.1, 0.15) is 0 Å². The Morgan fingerprint density at radius 3 is 2.50 bits per heavy atom. The van der Waals surface area contributed by atoms with Gasteiger partial charge in [-0.25, -0.2) is 8.42 Å². The molecule has 1 saturated carbocycles. The fraction of sp³-hybridized carbons (Fsp3) is 0.889. The van der Waals surface area contributed by atoms with Crippen LogP contribution < -0.4 is 5.73 Å². The molecule has 16 heavy (non-hydrogen) atoms. The molecule has 0 saturated heterocycles. The number of halogens is 1. The van der Waals surface area contributed by atoms with E-state index in [4.69, 9.17) is 5.73 Å². The molecule has 96 valence electrons. The zero-order valence-corrected chi connectivity index (χ0v) is 12.9. The molecule has 7 heteroatoms. The first-order valence-corrected chi connectivity index (χ1v) is 7.01. The van der Waals surface area contributed by atoms with Crippen LogP contribution in [0.4, 0.5) is 0 Å². The topological polar surface area (TPSA) is 75.8 Å². The average molecular weight is 361 g/mol. The van der Waals surface area contributed by atoms with Crippen molar-refractivity contribution in [2.45, 2.75) is 25.8 Å². The number of aliphatic imine (C=N–C) groups is 1. The molecule has 1 fully saturated rings. The van der Waals surface area contributed by atoms with Crippen molar-refractivity contribution in [3.63, 3.8) is 0 Å². The molecule has 0 bridgehead atoms. The largest absolute Gasteiger partial charge is 0.370 e. The molecule has 1 rings (SSSR count). The van der Waals surface area contributed by atoms with Gasteiger partial charge in [-0.05, 0) is 12.8 Å². The van der Waals surface area contributed by atoms with E-state index in [1.54, 1.807) is 6.92 Å². The fourth-order valence-electron chi connectivity index (χ4n) is 1.20. The van der Waals surface area contributed by atoms with Gasteiger partial charge in [-0.3, -0.25) is 4.99 Å². The molecule has 2 N–H and O–H groups in total. The minimum atomic E-state index is -2.93. The first-order valence-electron chi connectivity index (χ1n) is 5.19. The summed E-state index contributed by atoms with van der Waals surface area (Å²) >= 11 is 0. The lowest BCUT2D eigenvalue weighted by atomic mass is 10.6. The lowest BCUT2D eigenvalue weighted by molar-refractivity contribution is 0.488. The molecule has 0 atom stereocenters. The summed E-state index contributed by atoms with van der Waals surface area (Å²) < 4.78 is 22.3. The normalized spacial score (nSPS) is 16.8. The Hall–Kier alpha value is -0.0500. The second kappa shape index (κ2) is 6.63. The molecule has 0 aromatic heterocycles. The van der Waals surface area contributed by atoms with Crippen molar-refractivity contribution in [1.82, 2.24) is 4.90 Å². The van der Waals surface area contributed by atoms with E-state index in [0.29, 0.717) is 12.0 Å². The van der Waals surface area contributed by atoms with Crippen LogP contribution in [0.5, 0.6) is 0 Å². The van der Waals surface area contributed by atoms with Gasteiger partial charge in [0.2, 0.25) is 0 Å². The van der Waals surface area contributed by atoms with Crippen molar-refractivity contribution in [3.05, 3.63) is 0 Å². The van der Waals surface area contributed by atoms with Gasteiger partial charge in [-0.15, -0.1) is 24.0 Å². The predicted octanol–water partition coefficient (Wildman–Crippen LogP) is 0.448. The maximum absolute atomic E-state index is 11.2. The molecule has 0 amide bonds. The first-order chi connectivity index (χ1) is 6.96. The van der Waals surface area contributed by atoms with Gasteiger partial charge in [-0.1, -0.05) is 6.92 Å². The van der Waals surface area contributed by atoms with E-state index in [1.165, 1.54) is 0 Å². The minimum Gasteiger partial charge on any atom is -0.370 e. The number of hydrogen-bond acceptors (Lipinski definition) is 3. The Bertz CT molecular complexity index is 339. The van der Waals surface area contributed by atoms with Crippen LogP contribution in [0.1, 0.15) is 19.8 Å². The van der Waals surface area contributed by atoms with Crippen LogP contribution in [0.3, 0.4) is 0 Å². The molecule has 0 unspecified atom stereocenters. The second-order valence-electron chi connectivity index (χ2n) is 3.82. The van der Waals surface area contributed by atoms with E-state index in [1.807, 2.05) is 11.9 Å². The third kappa shape index (κ3) is 5.33. The summed E-state index contributed by atoms with van der Waals surface area (Å²) in [5, 5.41) is 0. The van der Waals surface area contributed by atoms with Crippen molar-refractivity contribution in [2.75, 3.05) is 25.1 Å². The van der Waals surface area contributed by atoms with Gasteiger partial charge in [0.05, 0.1) is 12.3 Å². The number of guanidine groups is 1. The standard InChI is InChI=1S/C9H19N3O2S.HI/c1-3-15(13,14)7-6-11-9(10)12(2)8-4-5-8;/h8H,3-7H2,1-2H3,(H2,10,11);1H. The van der Waals surface area contributed by atoms with Crippen molar-refractivity contribution in [1.29, 1.82) is 0 Å². The molecule has 1 aliphatic rings. The molecule has 1 aliphatic carbocycles. The Kier molecular flexibility index (Phi) is 6.61. The van der Waals surface area contributed by atoms with Gasteiger partial charge in [0.25, 0.3) is 0 Å². The maximum Gasteiger partial charge on any atom is 0.191 e. The quantitative estimate of drug-likeness (QED) is 0.438. The molecule has 5 nitrogen and oxygen atoms in total. The van der Waals surface area contributed by atoms with E-state index in [0.717, 1.165) is 12.8 Å². The summed E-state index contributed by atoms with van der Waals surface area (Å²) in [6.45, 7) is 1.90. The van der Waals surface area contributed by atoms with Crippen LogP contribution in [-0.2, 0) is 9.84 Å². The van der Waals surface area contributed by atoms with E-state index >= 15 is 0 Å². The molecule has 0 heterocycles. The Labute approximate surface area is 114 Å². The second-order valence-corrected chi connectivity index (χ2v) is 6.29. The molecule has 0 aromatic rings. The van der Waals surface area contributed by atoms with Gasteiger partial charge < -0.3 is 10.6 Å². The Balaban J connectivity index is 0.00000225. The average Bonchev–Trinajstić information content (AvgIpc) is 2.99. The van der Waals surface area contributed by atoms with Crippen LogP contribution >= 0.6 is 24.0 Å². The van der Waals surface area contributed by atoms with Gasteiger partial charge in [0.15, 0.2) is 15.8 Å². The summed E-state index contributed by atoms with van der Waals surface area (Å²) in [7, 11) is -1.03. The number of nitrogens with two attached hydrogens (primary N) is 1. The molecule has 0 aliphatic heterocycles. The zero-order chi connectivity index (χ0) is 11.5. The lowest BCUT2D eigenvalue weighted by Gasteiger charge is -2.16. The molecule has 0 spiro atoms. The highest BCUT2D eigenvalue weighted by Gasteiger charge is 2.27. The SMILES string of the molecule is CCS(=O)(=O)CCN=C(N)N(C)C1CC1.I. The van der Waals surface area contributed by atoms with Crippen molar-refractivity contribution in [2.24, 2.45) is 10.7 Å². The number of sulfone groups is 1. The molecule has 0 aromatic carbocycles. The van der Waals surface area contributed by atoms with Gasteiger partial charge in [0, 0.05) is 18.8 Å². The van der Waals surface area contributed by atoms with E-state index < -0.39 is 9.84 Å². The monoisotopic (exact) mass is 361 g/mol. The van der Waals surface area contributed by atoms with Gasteiger partial charge in [-0.2, -0.15) is 0 Å². The Morgan fingerprint density at radius 2 is 2.06 bits per heavy atom. The van der Waals surface area contributed by atoms with E-state index in [2.05, 4.69) is 4.99 Å². The smallest absolute Gasteiger partial charge is 0.191 e. The predicted molar refractivity (Wildman–Crippen MR) is 77.0 cm³/mol. The summed E-state index contributed by atoms with van der Waals surface area (Å²) in [5.74, 6) is 0.702. The first kappa shape index (κ1) is 16.0. The fourth-order valence-corrected chi connectivity index (χ4v) is 1.86. The summed E-state index contributed by atoms with van der Waals surface area (Å²) in [6.07, 6.45) is 2.31. The van der Waals surface area contributed by atoms with Crippen molar-refractivity contribution < 1.29 is 8.42 Å². The van der Waals surface area contributed by atoms with E-state index in [9.17, 15) is 8.42 Å². The highest BCUT2D eigenvalue weighted by atomic mass is 127. The number of nitrogens with zero attached hydrogens (tertiary/aromatic N) is 2. The third-order valence-corrected chi connectivity index (χ3v) is 4.26. The van der Waals surface area contributed by atoms with Crippen LogP contribution in [0.25, 0.3) is 0 Å². The Morgan fingerprint density at radius 1 is 1.50 bits per heavy atom. The maximum atomic E-state index is 11.2. The summed E-state index contributed by atoms with van der Waals surface area (Å²) in [4.78, 5) is 5.97. The molecule has 0 radical (unpaired) electrons. The highest BCUT2D eigenvalue weighted by Crippen LogP contribution is 2.24. The van der Waals surface area contributed by atoms with Gasteiger partial charge >= 0.3 is 0 Å². The zero-order valence-electron chi connectivity index (χ0n) is 9.72. The lowest BCUT2D eigenvalue weighted by Crippen LogP contribution is -2.36. The van der Waals surface area contributed by atoms with Crippen LogP contribution in [0.2, 0.25) is 0 Å². The molecular formula is C9H20IN3O2S. The van der Waals surface area contributed by atoms with Crippen LogP contribution in [0, 0.1) is 0 Å². The minimum absolute atomic E-state index is 0. The van der Waals surface area contributed by atoms with Crippen LogP contribution in [0.15, 0.2) is 4.99 Å². The number of hydrogen-bond donors (Lipinski definition) is 1. The van der Waals surface area contributed by atoms with E-state index in [-0.39, 0.29) is 42.0 Å². The summed E-state index contributed by atoms with van der Waals surface area (Å²) in [6, 6.07) is 0.511. The number of rotatable bonds is 5. The summed E-state index contributed by atoms with van der Waals surface area (Å²) in [5.41, 5.74) is 5.71.